The fourth-order valence-electron chi connectivity index (χ4n) is 1.57. The van der Waals surface area contributed by atoms with Crippen LogP contribution in [0, 0.1) is 5.92 Å². The van der Waals surface area contributed by atoms with E-state index in [1.807, 2.05) is 0 Å². The second-order valence-electron chi connectivity index (χ2n) is 4.09. The molecule has 2 heteroatoms. The Hall–Kier alpha value is -1.31. The van der Waals surface area contributed by atoms with Gasteiger partial charge in [-0.25, -0.2) is 0 Å². The third-order valence-electron chi connectivity index (χ3n) is 2.51. The van der Waals surface area contributed by atoms with Crippen molar-refractivity contribution in [3.8, 4) is 0 Å². The number of aliphatic imine (C=N–C) groups is 1. The Morgan fingerprint density at radius 2 is 2.14 bits per heavy atom. The average Bonchev–Trinajstić information content (AvgIpc) is 2.16. The molecule has 0 N–H and O–H groups in total. The van der Waals surface area contributed by atoms with E-state index in [0.29, 0.717) is 12.0 Å². The molecule has 1 atom stereocenters. The molecule has 2 aliphatic heterocycles. The Labute approximate surface area is 85.3 Å². The number of hydrogen-bond donors (Lipinski definition) is 0. The van der Waals surface area contributed by atoms with Gasteiger partial charge in [0.05, 0.1) is 6.04 Å². The van der Waals surface area contributed by atoms with E-state index in [2.05, 4.69) is 61.3 Å². The van der Waals surface area contributed by atoms with Crippen molar-refractivity contribution in [1.82, 2.24) is 4.90 Å². The van der Waals surface area contributed by atoms with Gasteiger partial charge in [-0.3, -0.25) is 4.99 Å². The summed E-state index contributed by atoms with van der Waals surface area (Å²) < 4.78 is 0. The maximum Gasteiger partial charge on any atom is 0.132 e. The summed E-state index contributed by atoms with van der Waals surface area (Å²) in [6, 6.07) is 0.305. The fourth-order valence-corrected chi connectivity index (χ4v) is 1.57. The van der Waals surface area contributed by atoms with Gasteiger partial charge in [-0.1, -0.05) is 19.9 Å². The summed E-state index contributed by atoms with van der Waals surface area (Å²) in [7, 11) is 0. The minimum absolute atomic E-state index is 0.305. The molecule has 0 aromatic heterocycles. The largest absolute Gasteiger partial charge is 0.309 e. The zero-order chi connectivity index (χ0) is 10.1. The Bertz CT molecular complexity index is 345. The van der Waals surface area contributed by atoms with Crippen LogP contribution in [0.5, 0.6) is 0 Å². The molecule has 0 spiro atoms. The standard InChI is InChI=1S/C12H16N2/c1-9(2)11-4-5-12-13-10(3)6-7-14(12)8-11/h4-10H,1-3H3. The number of fused-ring (bicyclic) bond motifs is 1. The first-order valence-electron chi connectivity index (χ1n) is 5.11. The monoisotopic (exact) mass is 188 g/mol. The van der Waals surface area contributed by atoms with Gasteiger partial charge in [0, 0.05) is 12.4 Å². The van der Waals surface area contributed by atoms with Crippen molar-refractivity contribution in [2.45, 2.75) is 26.8 Å². The van der Waals surface area contributed by atoms with E-state index in [4.69, 9.17) is 0 Å². The molecule has 2 heterocycles. The summed E-state index contributed by atoms with van der Waals surface area (Å²) >= 11 is 0. The first-order valence-corrected chi connectivity index (χ1v) is 5.11. The highest BCUT2D eigenvalue weighted by atomic mass is 15.2. The molecule has 2 rings (SSSR count). The first kappa shape index (κ1) is 9.25. The summed E-state index contributed by atoms with van der Waals surface area (Å²) in [5.74, 6) is 1.62. The molecule has 14 heavy (non-hydrogen) atoms. The third-order valence-corrected chi connectivity index (χ3v) is 2.51. The Kier molecular flexibility index (Phi) is 2.28. The molecule has 74 valence electrons. The van der Waals surface area contributed by atoms with Crippen LogP contribution in [0.15, 0.2) is 41.2 Å². The predicted octanol–water partition coefficient (Wildman–Crippen LogP) is 2.71. The molecule has 0 fully saturated rings. The van der Waals surface area contributed by atoms with Crippen LogP contribution >= 0.6 is 0 Å². The topological polar surface area (TPSA) is 15.6 Å². The van der Waals surface area contributed by atoms with Crippen LogP contribution in [0.2, 0.25) is 0 Å². The number of amidine groups is 1. The Morgan fingerprint density at radius 1 is 1.36 bits per heavy atom. The van der Waals surface area contributed by atoms with Crippen molar-refractivity contribution in [3.05, 3.63) is 36.2 Å². The van der Waals surface area contributed by atoms with E-state index >= 15 is 0 Å². The summed E-state index contributed by atoms with van der Waals surface area (Å²) in [5.41, 5.74) is 1.35. The summed E-state index contributed by atoms with van der Waals surface area (Å²) in [6.07, 6.45) is 10.6. The number of allylic oxidation sites excluding steroid dienone is 2. The van der Waals surface area contributed by atoms with E-state index in [-0.39, 0.29) is 0 Å². The summed E-state index contributed by atoms with van der Waals surface area (Å²) in [4.78, 5) is 6.61. The molecular weight excluding hydrogens is 172 g/mol. The lowest BCUT2D eigenvalue weighted by atomic mass is 10.0. The van der Waals surface area contributed by atoms with Gasteiger partial charge in [-0.15, -0.1) is 0 Å². The van der Waals surface area contributed by atoms with Crippen LogP contribution in [0.25, 0.3) is 0 Å². The van der Waals surface area contributed by atoms with E-state index in [0.717, 1.165) is 5.84 Å². The van der Waals surface area contributed by atoms with E-state index in [9.17, 15) is 0 Å². The lowest BCUT2D eigenvalue weighted by Gasteiger charge is -2.26. The van der Waals surface area contributed by atoms with Crippen LogP contribution in [-0.2, 0) is 0 Å². The summed E-state index contributed by atoms with van der Waals surface area (Å²) in [5, 5.41) is 0. The van der Waals surface area contributed by atoms with Gasteiger partial charge in [-0.05, 0) is 30.6 Å². The first-order chi connectivity index (χ1) is 6.66. The van der Waals surface area contributed by atoms with E-state index < -0.39 is 0 Å². The normalized spacial score (nSPS) is 24.9. The second-order valence-corrected chi connectivity index (χ2v) is 4.09. The Morgan fingerprint density at radius 3 is 2.86 bits per heavy atom. The van der Waals surface area contributed by atoms with Crippen LogP contribution in [0.4, 0.5) is 0 Å². The molecule has 2 nitrogen and oxygen atoms in total. The van der Waals surface area contributed by atoms with Crippen LogP contribution in [-0.4, -0.2) is 16.8 Å². The van der Waals surface area contributed by atoms with Crippen molar-refractivity contribution < 1.29 is 0 Å². The van der Waals surface area contributed by atoms with Crippen molar-refractivity contribution in [3.63, 3.8) is 0 Å². The van der Waals surface area contributed by atoms with Crippen molar-refractivity contribution in [1.29, 1.82) is 0 Å². The molecule has 0 amide bonds. The van der Waals surface area contributed by atoms with E-state index in [1.54, 1.807) is 0 Å². The molecule has 0 aromatic carbocycles. The van der Waals surface area contributed by atoms with Crippen molar-refractivity contribution in [2.75, 3.05) is 0 Å². The van der Waals surface area contributed by atoms with Crippen LogP contribution < -0.4 is 0 Å². The number of rotatable bonds is 1. The minimum atomic E-state index is 0.305. The molecule has 0 saturated carbocycles. The van der Waals surface area contributed by atoms with Gasteiger partial charge in [0.2, 0.25) is 0 Å². The highest BCUT2D eigenvalue weighted by Gasteiger charge is 2.15. The van der Waals surface area contributed by atoms with Gasteiger partial charge in [-0.2, -0.15) is 0 Å². The van der Waals surface area contributed by atoms with Crippen LogP contribution in [0.1, 0.15) is 20.8 Å². The van der Waals surface area contributed by atoms with Gasteiger partial charge in [0.15, 0.2) is 0 Å². The van der Waals surface area contributed by atoms with Gasteiger partial charge in [0.1, 0.15) is 5.84 Å². The smallest absolute Gasteiger partial charge is 0.132 e. The van der Waals surface area contributed by atoms with E-state index in [1.165, 1.54) is 5.57 Å². The lowest BCUT2D eigenvalue weighted by Crippen LogP contribution is -2.26. The van der Waals surface area contributed by atoms with Gasteiger partial charge < -0.3 is 4.90 Å². The lowest BCUT2D eigenvalue weighted by molar-refractivity contribution is 0.670. The molecule has 1 unspecified atom stereocenters. The molecule has 2 aliphatic rings. The zero-order valence-electron chi connectivity index (χ0n) is 8.94. The Balaban J connectivity index is 2.26. The third kappa shape index (κ3) is 1.65. The van der Waals surface area contributed by atoms with Gasteiger partial charge >= 0.3 is 0 Å². The zero-order valence-corrected chi connectivity index (χ0v) is 8.94. The molecule has 0 saturated heterocycles. The maximum absolute atomic E-state index is 4.52. The molecule has 0 aromatic rings. The van der Waals surface area contributed by atoms with Crippen molar-refractivity contribution >= 4 is 5.84 Å². The highest BCUT2D eigenvalue weighted by molar-refractivity contribution is 5.96. The highest BCUT2D eigenvalue weighted by Crippen LogP contribution is 2.20. The predicted molar refractivity (Wildman–Crippen MR) is 59.9 cm³/mol. The average molecular weight is 188 g/mol. The molecular formula is C12H16N2. The SMILES string of the molecule is CC1C=CN2C=C(C(C)C)C=CC2=N1. The second kappa shape index (κ2) is 3.45. The fraction of sp³-hybridized carbons (Fsp3) is 0.417. The quantitative estimate of drug-likeness (QED) is 0.617. The molecule has 0 bridgehead atoms. The molecule has 0 aliphatic carbocycles. The minimum Gasteiger partial charge on any atom is -0.309 e. The van der Waals surface area contributed by atoms with Crippen molar-refractivity contribution in [2.24, 2.45) is 10.9 Å². The maximum atomic E-state index is 4.52. The number of nitrogens with zero attached hydrogens (tertiary/aromatic N) is 2. The summed E-state index contributed by atoms with van der Waals surface area (Å²) in [6.45, 7) is 6.50. The van der Waals surface area contributed by atoms with Crippen LogP contribution in [0.3, 0.4) is 0 Å². The van der Waals surface area contributed by atoms with Gasteiger partial charge in [0.25, 0.3) is 0 Å². The molecule has 0 radical (unpaired) electrons. The number of hydrogen-bond acceptors (Lipinski definition) is 2.